The largest absolute Gasteiger partial charge is 0.356 e. The van der Waals surface area contributed by atoms with Crippen LogP contribution in [-0.2, 0) is 14.4 Å². The summed E-state index contributed by atoms with van der Waals surface area (Å²) in [5.41, 5.74) is 0. The first-order chi connectivity index (χ1) is 8.09. The van der Waals surface area contributed by atoms with E-state index in [0.717, 1.165) is 12.8 Å². The molecule has 17 heavy (non-hydrogen) atoms. The van der Waals surface area contributed by atoms with Gasteiger partial charge in [0.15, 0.2) is 0 Å². The number of piperazine rings is 1. The quantitative estimate of drug-likeness (QED) is 0.663. The number of carbonyl (C=O) groups excluding carboxylic acids is 3. The molecule has 0 aromatic rings. The monoisotopic (exact) mass is 239 g/mol. The smallest absolute Gasteiger partial charge is 0.245 e. The standard InChI is InChI=1S/C11H17N3O3/c1-7(15)12-5-4-8-11(17)14-6-2-3-9(14)10(16)13-8/h8-9H,2-6H2,1H3,(H,12,15)(H,13,16). The molecule has 2 saturated heterocycles. The van der Waals surface area contributed by atoms with E-state index in [1.54, 1.807) is 4.90 Å². The fourth-order valence-electron chi connectivity index (χ4n) is 2.42. The van der Waals surface area contributed by atoms with Crippen LogP contribution in [-0.4, -0.2) is 47.8 Å². The van der Waals surface area contributed by atoms with Crippen molar-refractivity contribution in [2.75, 3.05) is 13.1 Å². The van der Waals surface area contributed by atoms with Crippen LogP contribution in [0.25, 0.3) is 0 Å². The minimum atomic E-state index is -0.483. The van der Waals surface area contributed by atoms with E-state index >= 15 is 0 Å². The minimum Gasteiger partial charge on any atom is -0.356 e. The molecule has 0 aromatic heterocycles. The Hall–Kier alpha value is -1.59. The second-order valence-corrected chi connectivity index (χ2v) is 4.52. The van der Waals surface area contributed by atoms with Crippen molar-refractivity contribution in [1.82, 2.24) is 15.5 Å². The van der Waals surface area contributed by atoms with Gasteiger partial charge in [-0.05, 0) is 19.3 Å². The number of nitrogens with one attached hydrogen (secondary N) is 2. The average molecular weight is 239 g/mol. The van der Waals surface area contributed by atoms with Crippen molar-refractivity contribution in [3.63, 3.8) is 0 Å². The topological polar surface area (TPSA) is 78.5 Å². The van der Waals surface area contributed by atoms with Gasteiger partial charge in [0.1, 0.15) is 12.1 Å². The molecule has 6 nitrogen and oxygen atoms in total. The molecule has 6 heteroatoms. The maximum atomic E-state index is 12.0. The van der Waals surface area contributed by atoms with Gasteiger partial charge in [0, 0.05) is 20.0 Å². The molecule has 2 heterocycles. The predicted octanol–water partition coefficient (Wildman–Crippen LogP) is -0.998. The fourth-order valence-corrected chi connectivity index (χ4v) is 2.42. The molecule has 2 atom stereocenters. The summed E-state index contributed by atoms with van der Waals surface area (Å²) in [7, 11) is 0. The second kappa shape index (κ2) is 4.73. The van der Waals surface area contributed by atoms with E-state index in [2.05, 4.69) is 10.6 Å². The van der Waals surface area contributed by atoms with Crippen LogP contribution in [0, 0.1) is 0 Å². The molecular formula is C11H17N3O3. The maximum Gasteiger partial charge on any atom is 0.245 e. The number of hydrogen-bond acceptors (Lipinski definition) is 3. The lowest BCUT2D eigenvalue weighted by Crippen LogP contribution is -2.61. The van der Waals surface area contributed by atoms with Crippen LogP contribution < -0.4 is 10.6 Å². The van der Waals surface area contributed by atoms with Gasteiger partial charge in [-0.2, -0.15) is 0 Å². The molecule has 94 valence electrons. The Morgan fingerprint density at radius 2 is 2.29 bits per heavy atom. The number of fused-ring (bicyclic) bond motifs is 1. The predicted molar refractivity (Wildman–Crippen MR) is 60.0 cm³/mol. The van der Waals surface area contributed by atoms with Gasteiger partial charge < -0.3 is 15.5 Å². The molecule has 2 rings (SSSR count). The Bertz CT molecular complexity index is 356. The van der Waals surface area contributed by atoms with Gasteiger partial charge in [0.05, 0.1) is 0 Å². The van der Waals surface area contributed by atoms with Gasteiger partial charge >= 0.3 is 0 Å². The summed E-state index contributed by atoms with van der Waals surface area (Å²) in [5, 5.41) is 5.36. The molecule has 0 aromatic carbocycles. The molecule has 0 aliphatic carbocycles. The molecule has 0 radical (unpaired) electrons. The summed E-state index contributed by atoms with van der Waals surface area (Å²) in [4.78, 5) is 36.1. The van der Waals surface area contributed by atoms with Crippen LogP contribution in [0.2, 0.25) is 0 Å². The van der Waals surface area contributed by atoms with Gasteiger partial charge in [0.2, 0.25) is 17.7 Å². The lowest BCUT2D eigenvalue weighted by Gasteiger charge is -2.34. The van der Waals surface area contributed by atoms with Crippen molar-refractivity contribution in [3.8, 4) is 0 Å². The zero-order chi connectivity index (χ0) is 12.4. The van der Waals surface area contributed by atoms with Crippen LogP contribution in [0.15, 0.2) is 0 Å². The Morgan fingerprint density at radius 1 is 1.53 bits per heavy atom. The lowest BCUT2D eigenvalue weighted by atomic mass is 10.1. The van der Waals surface area contributed by atoms with Gasteiger partial charge in [-0.1, -0.05) is 0 Å². The molecular weight excluding hydrogens is 222 g/mol. The fraction of sp³-hybridized carbons (Fsp3) is 0.727. The summed E-state index contributed by atoms with van der Waals surface area (Å²) >= 11 is 0. The molecule has 0 bridgehead atoms. The first-order valence-corrected chi connectivity index (χ1v) is 5.95. The third-order valence-electron chi connectivity index (χ3n) is 3.26. The normalized spacial score (nSPS) is 27.7. The van der Waals surface area contributed by atoms with E-state index in [1.807, 2.05) is 0 Å². The Kier molecular flexibility index (Phi) is 3.31. The average Bonchev–Trinajstić information content (AvgIpc) is 2.74. The third kappa shape index (κ3) is 2.40. The van der Waals surface area contributed by atoms with Crippen molar-refractivity contribution in [1.29, 1.82) is 0 Å². The highest BCUT2D eigenvalue weighted by atomic mass is 16.2. The van der Waals surface area contributed by atoms with E-state index in [0.29, 0.717) is 19.5 Å². The van der Waals surface area contributed by atoms with Gasteiger partial charge in [-0.15, -0.1) is 0 Å². The van der Waals surface area contributed by atoms with Crippen molar-refractivity contribution in [3.05, 3.63) is 0 Å². The summed E-state index contributed by atoms with van der Waals surface area (Å²) in [6.45, 7) is 2.51. The third-order valence-corrected chi connectivity index (χ3v) is 3.26. The van der Waals surface area contributed by atoms with Crippen molar-refractivity contribution in [2.24, 2.45) is 0 Å². The second-order valence-electron chi connectivity index (χ2n) is 4.52. The molecule has 2 fully saturated rings. The summed E-state index contributed by atoms with van der Waals surface area (Å²) in [6, 6.07) is -0.747. The minimum absolute atomic E-state index is 0.0162. The SMILES string of the molecule is CC(=O)NCCC1NC(=O)C2CCCN2C1=O. The van der Waals surface area contributed by atoms with Crippen molar-refractivity contribution in [2.45, 2.75) is 38.3 Å². The Balaban J connectivity index is 1.92. The van der Waals surface area contributed by atoms with Crippen LogP contribution >= 0.6 is 0 Å². The highest BCUT2D eigenvalue weighted by Gasteiger charge is 2.42. The highest BCUT2D eigenvalue weighted by molar-refractivity contribution is 5.97. The van der Waals surface area contributed by atoms with E-state index in [-0.39, 0.29) is 23.8 Å². The van der Waals surface area contributed by atoms with Crippen molar-refractivity contribution < 1.29 is 14.4 Å². The first kappa shape index (κ1) is 11.9. The molecule has 2 aliphatic rings. The summed E-state index contributed by atoms with van der Waals surface area (Å²) in [5.74, 6) is -0.203. The number of rotatable bonds is 3. The number of carbonyl (C=O) groups is 3. The molecule has 3 amide bonds. The zero-order valence-corrected chi connectivity index (χ0v) is 9.86. The van der Waals surface area contributed by atoms with E-state index in [1.165, 1.54) is 6.92 Å². The van der Waals surface area contributed by atoms with Gasteiger partial charge in [-0.3, -0.25) is 14.4 Å². The molecule has 2 N–H and O–H groups in total. The molecule has 2 unspecified atom stereocenters. The lowest BCUT2D eigenvalue weighted by molar-refractivity contribution is -0.147. The van der Waals surface area contributed by atoms with E-state index < -0.39 is 6.04 Å². The first-order valence-electron chi connectivity index (χ1n) is 5.95. The van der Waals surface area contributed by atoms with E-state index in [4.69, 9.17) is 0 Å². The Morgan fingerprint density at radius 3 is 3.00 bits per heavy atom. The van der Waals surface area contributed by atoms with Crippen LogP contribution in [0.5, 0.6) is 0 Å². The summed E-state index contributed by atoms with van der Waals surface area (Å²) < 4.78 is 0. The molecule has 2 aliphatic heterocycles. The van der Waals surface area contributed by atoms with Gasteiger partial charge in [0.25, 0.3) is 0 Å². The van der Waals surface area contributed by atoms with Gasteiger partial charge in [-0.25, -0.2) is 0 Å². The number of hydrogen-bond donors (Lipinski definition) is 2. The van der Waals surface area contributed by atoms with Crippen molar-refractivity contribution >= 4 is 17.7 Å². The number of amides is 3. The highest BCUT2D eigenvalue weighted by Crippen LogP contribution is 2.22. The van der Waals surface area contributed by atoms with Crippen LogP contribution in [0.4, 0.5) is 0 Å². The van der Waals surface area contributed by atoms with E-state index in [9.17, 15) is 14.4 Å². The maximum absolute atomic E-state index is 12.0. The molecule has 0 saturated carbocycles. The summed E-state index contributed by atoms with van der Waals surface area (Å²) in [6.07, 6.45) is 2.10. The van der Waals surface area contributed by atoms with Crippen LogP contribution in [0.1, 0.15) is 26.2 Å². The van der Waals surface area contributed by atoms with Crippen LogP contribution in [0.3, 0.4) is 0 Å². The molecule has 0 spiro atoms. The Labute approximate surface area is 99.7 Å². The number of nitrogens with zero attached hydrogens (tertiary/aromatic N) is 1. The zero-order valence-electron chi connectivity index (χ0n) is 9.86.